The number of pyridine rings is 1. The van der Waals surface area contributed by atoms with Crippen molar-refractivity contribution in [1.29, 1.82) is 0 Å². The molecular formula is C13H17N3O3. The molecule has 1 aromatic heterocycles. The van der Waals surface area contributed by atoms with E-state index < -0.39 is 11.4 Å². The Labute approximate surface area is 111 Å². The minimum Gasteiger partial charge on any atom is -0.481 e. The van der Waals surface area contributed by atoms with Gasteiger partial charge in [-0.1, -0.05) is 6.07 Å². The van der Waals surface area contributed by atoms with Gasteiger partial charge in [-0.15, -0.1) is 0 Å². The number of amides is 2. The number of carbonyl (C=O) groups excluding carboxylic acids is 1. The fourth-order valence-corrected chi connectivity index (χ4v) is 1.71. The minimum atomic E-state index is -0.837. The van der Waals surface area contributed by atoms with Crippen molar-refractivity contribution >= 4 is 12.0 Å². The van der Waals surface area contributed by atoms with Gasteiger partial charge in [-0.2, -0.15) is 0 Å². The van der Waals surface area contributed by atoms with Gasteiger partial charge in [0.05, 0.1) is 5.41 Å². The van der Waals surface area contributed by atoms with Gasteiger partial charge in [0.1, 0.15) is 0 Å². The van der Waals surface area contributed by atoms with Crippen molar-refractivity contribution < 1.29 is 14.7 Å². The molecule has 0 bridgehead atoms. The number of carboxylic acid groups (broad SMARTS) is 1. The molecule has 2 amide bonds. The van der Waals surface area contributed by atoms with E-state index >= 15 is 0 Å². The van der Waals surface area contributed by atoms with Crippen LogP contribution in [0.3, 0.4) is 0 Å². The lowest BCUT2D eigenvalue weighted by molar-refractivity contribution is -0.143. The maximum Gasteiger partial charge on any atom is 0.315 e. The minimum absolute atomic E-state index is 0.181. The first-order valence-electron chi connectivity index (χ1n) is 6.18. The Bertz CT molecular complexity index is 480. The van der Waals surface area contributed by atoms with Crippen LogP contribution in [0.4, 0.5) is 4.79 Å². The fraction of sp³-hybridized carbons (Fsp3) is 0.462. The lowest BCUT2D eigenvalue weighted by atomic mass is 10.1. The molecule has 0 atom stereocenters. The number of carboxylic acids is 1. The van der Waals surface area contributed by atoms with Crippen LogP contribution >= 0.6 is 0 Å². The number of rotatable bonds is 5. The highest BCUT2D eigenvalue weighted by molar-refractivity contribution is 5.80. The molecule has 1 fully saturated rings. The van der Waals surface area contributed by atoms with E-state index in [2.05, 4.69) is 15.6 Å². The summed E-state index contributed by atoms with van der Waals surface area (Å²) in [6.45, 7) is 2.45. The highest BCUT2D eigenvalue weighted by Crippen LogP contribution is 2.45. The van der Waals surface area contributed by atoms with Gasteiger partial charge in [0.25, 0.3) is 0 Å². The summed E-state index contributed by atoms with van der Waals surface area (Å²) in [7, 11) is 0. The van der Waals surface area contributed by atoms with Gasteiger partial charge in [-0.3, -0.25) is 9.78 Å². The molecule has 1 heterocycles. The third-order valence-corrected chi connectivity index (χ3v) is 3.32. The molecule has 1 aliphatic rings. The molecule has 6 nitrogen and oxygen atoms in total. The van der Waals surface area contributed by atoms with E-state index in [0.29, 0.717) is 19.4 Å². The average molecular weight is 263 g/mol. The first-order valence-corrected chi connectivity index (χ1v) is 6.18. The van der Waals surface area contributed by atoms with Gasteiger partial charge in [-0.05, 0) is 31.4 Å². The van der Waals surface area contributed by atoms with Crippen molar-refractivity contribution in [1.82, 2.24) is 15.6 Å². The molecule has 0 aliphatic heterocycles. The van der Waals surface area contributed by atoms with E-state index in [1.165, 1.54) is 0 Å². The third-order valence-electron chi connectivity index (χ3n) is 3.32. The summed E-state index contributed by atoms with van der Waals surface area (Å²) >= 11 is 0. The molecule has 6 heteroatoms. The fourth-order valence-electron chi connectivity index (χ4n) is 1.71. The third kappa shape index (κ3) is 3.43. The van der Waals surface area contributed by atoms with E-state index in [0.717, 1.165) is 11.3 Å². The molecule has 1 saturated carbocycles. The number of nitrogens with one attached hydrogen (secondary N) is 2. The van der Waals surface area contributed by atoms with Crippen LogP contribution in [-0.4, -0.2) is 28.6 Å². The van der Waals surface area contributed by atoms with Crippen LogP contribution in [0.5, 0.6) is 0 Å². The molecule has 2 rings (SSSR count). The Kier molecular flexibility index (Phi) is 3.69. The summed E-state index contributed by atoms with van der Waals surface area (Å²) in [6, 6.07) is 3.41. The summed E-state index contributed by atoms with van der Waals surface area (Å²) in [5.74, 6) is -0.837. The highest BCUT2D eigenvalue weighted by Gasteiger charge is 2.50. The molecule has 0 saturated heterocycles. The van der Waals surface area contributed by atoms with Gasteiger partial charge < -0.3 is 15.7 Å². The highest BCUT2D eigenvalue weighted by atomic mass is 16.4. The second-order valence-electron chi connectivity index (χ2n) is 4.93. The zero-order valence-corrected chi connectivity index (χ0v) is 10.8. The van der Waals surface area contributed by atoms with Crippen molar-refractivity contribution in [3.63, 3.8) is 0 Å². The van der Waals surface area contributed by atoms with E-state index in [4.69, 9.17) is 5.11 Å². The van der Waals surface area contributed by atoms with Gasteiger partial charge in [0.2, 0.25) is 0 Å². The van der Waals surface area contributed by atoms with E-state index in [9.17, 15) is 9.59 Å². The summed E-state index contributed by atoms with van der Waals surface area (Å²) in [5, 5.41) is 14.2. The SMILES string of the molecule is Cc1ccc(CNC(=O)NCC2(C(=O)O)CC2)cn1. The number of aryl methyl sites for hydroxylation is 1. The Balaban J connectivity index is 1.73. The van der Waals surface area contributed by atoms with Crippen molar-refractivity contribution in [3.05, 3.63) is 29.6 Å². The van der Waals surface area contributed by atoms with Gasteiger partial charge in [0.15, 0.2) is 0 Å². The molecule has 0 radical (unpaired) electrons. The Morgan fingerprint density at radius 1 is 1.37 bits per heavy atom. The smallest absolute Gasteiger partial charge is 0.315 e. The standard InChI is InChI=1S/C13H17N3O3/c1-9-2-3-10(6-14-9)7-15-12(19)16-8-13(4-5-13)11(17)18/h2-3,6H,4-5,7-8H2,1H3,(H,17,18)(H2,15,16,19). The van der Waals surface area contributed by atoms with Crippen molar-refractivity contribution in [2.45, 2.75) is 26.3 Å². The van der Waals surface area contributed by atoms with Crippen LogP contribution in [0, 0.1) is 12.3 Å². The summed E-state index contributed by atoms with van der Waals surface area (Å²) < 4.78 is 0. The molecule has 19 heavy (non-hydrogen) atoms. The van der Waals surface area contributed by atoms with Gasteiger partial charge in [-0.25, -0.2) is 4.79 Å². The van der Waals surface area contributed by atoms with Crippen LogP contribution < -0.4 is 10.6 Å². The summed E-state index contributed by atoms with van der Waals surface area (Å²) in [4.78, 5) is 26.6. The molecule has 0 spiro atoms. The molecule has 0 unspecified atom stereocenters. The number of nitrogens with zero attached hydrogens (tertiary/aromatic N) is 1. The van der Waals surface area contributed by atoms with Crippen LogP contribution in [0.25, 0.3) is 0 Å². The average Bonchev–Trinajstić information content (AvgIpc) is 3.17. The Hall–Kier alpha value is -2.11. The van der Waals surface area contributed by atoms with E-state index in [1.54, 1.807) is 6.20 Å². The number of urea groups is 1. The largest absolute Gasteiger partial charge is 0.481 e. The first-order chi connectivity index (χ1) is 9.02. The zero-order valence-electron chi connectivity index (χ0n) is 10.8. The van der Waals surface area contributed by atoms with E-state index in [-0.39, 0.29) is 12.6 Å². The predicted molar refractivity (Wildman–Crippen MR) is 68.5 cm³/mol. The number of hydrogen-bond donors (Lipinski definition) is 3. The molecule has 102 valence electrons. The number of aromatic nitrogens is 1. The monoisotopic (exact) mass is 263 g/mol. The van der Waals surface area contributed by atoms with Crippen molar-refractivity contribution in [3.8, 4) is 0 Å². The molecule has 0 aromatic carbocycles. The maximum atomic E-state index is 11.5. The van der Waals surface area contributed by atoms with Gasteiger partial charge >= 0.3 is 12.0 Å². The second kappa shape index (κ2) is 5.26. The first kappa shape index (κ1) is 13.3. The number of carbonyl (C=O) groups is 2. The molecule has 1 aromatic rings. The zero-order chi connectivity index (χ0) is 13.9. The number of aliphatic carboxylic acids is 1. The number of hydrogen-bond acceptors (Lipinski definition) is 3. The molecular weight excluding hydrogens is 246 g/mol. The van der Waals surface area contributed by atoms with E-state index in [1.807, 2.05) is 19.1 Å². The van der Waals surface area contributed by atoms with Crippen LogP contribution in [0.2, 0.25) is 0 Å². The Morgan fingerprint density at radius 3 is 2.63 bits per heavy atom. The van der Waals surface area contributed by atoms with Crippen LogP contribution in [0.1, 0.15) is 24.1 Å². The second-order valence-corrected chi connectivity index (χ2v) is 4.93. The van der Waals surface area contributed by atoms with Crippen molar-refractivity contribution in [2.24, 2.45) is 5.41 Å². The Morgan fingerprint density at radius 2 is 2.11 bits per heavy atom. The normalized spacial score (nSPS) is 15.6. The maximum absolute atomic E-state index is 11.5. The lowest BCUT2D eigenvalue weighted by Gasteiger charge is -2.12. The quantitative estimate of drug-likeness (QED) is 0.740. The molecule has 3 N–H and O–H groups in total. The summed E-state index contributed by atoms with van der Waals surface area (Å²) in [6.07, 6.45) is 2.96. The van der Waals surface area contributed by atoms with Gasteiger partial charge in [0, 0.05) is 25.0 Å². The summed E-state index contributed by atoms with van der Waals surface area (Å²) in [5.41, 5.74) is 1.09. The van der Waals surface area contributed by atoms with Crippen molar-refractivity contribution in [2.75, 3.05) is 6.54 Å². The lowest BCUT2D eigenvalue weighted by Crippen LogP contribution is -2.40. The topological polar surface area (TPSA) is 91.3 Å². The van der Waals surface area contributed by atoms with Crippen LogP contribution in [-0.2, 0) is 11.3 Å². The predicted octanol–water partition coefficient (Wildman–Crippen LogP) is 1.05. The van der Waals surface area contributed by atoms with Crippen LogP contribution in [0.15, 0.2) is 18.3 Å². The molecule has 1 aliphatic carbocycles.